The number of hydrogen-bond donors (Lipinski definition) is 2. The maximum absolute atomic E-state index is 14.2. The molecule has 0 saturated carbocycles. The SMILES string of the molecule is C.C.C.CCOC(=O)Cn1nc(C(F)(F)F)c2cc(F)ccc21.NC(=O)c1cc(-c2cccnc2[C@@H](CC(=O)Cn2nc(C(F)(F)F)c3cc(F)ccc32)Cc2cc(F)cc(F)c2)ccc1F.O=C(O)Cn1nc(C(F)(F)F)c2cc(F)ccc21. The molecule has 0 radical (unpaired) electrons. The van der Waals surface area contributed by atoms with Gasteiger partial charge in [0.1, 0.15) is 54.5 Å². The molecule has 454 valence electrons. The van der Waals surface area contributed by atoms with Crippen LogP contribution in [0.3, 0.4) is 0 Å². The van der Waals surface area contributed by atoms with Crippen molar-refractivity contribution in [1.29, 1.82) is 0 Å². The number of fused-ring (bicyclic) bond motifs is 3. The number of ketones is 1. The van der Waals surface area contributed by atoms with Gasteiger partial charge in [-0.15, -0.1) is 0 Å². The van der Waals surface area contributed by atoms with Crippen molar-refractivity contribution in [3.05, 3.63) is 178 Å². The number of pyridine rings is 1. The Morgan fingerprint density at radius 1 is 0.576 bits per heavy atom. The number of ether oxygens (including phenoxy) is 1. The van der Waals surface area contributed by atoms with E-state index in [2.05, 4.69) is 25.0 Å². The molecule has 0 saturated heterocycles. The van der Waals surface area contributed by atoms with E-state index in [1.165, 1.54) is 18.3 Å². The number of nitrogens with two attached hydrogens (primary N) is 1. The Morgan fingerprint density at radius 2 is 1.02 bits per heavy atom. The van der Waals surface area contributed by atoms with E-state index in [-0.39, 0.29) is 74.9 Å². The van der Waals surface area contributed by atoms with E-state index in [1.807, 2.05) is 0 Å². The van der Waals surface area contributed by atoms with E-state index in [9.17, 15) is 85.0 Å². The van der Waals surface area contributed by atoms with Crippen molar-refractivity contribution >= 4 is 56.3 Å². The molecule has 5 aromatic carbocycles. The number of nitrogens with zero attached hydrogens (tertiary/aromatic N) is 7. The molecule has 0 aliphatic carbocycles. The average Bonchev–Trinajstić information content (AvgIpc) is 1.87. The number of rotatable bonds is 14. The molecule has 14 nitrogen and oxygen atoms in total. The Balaban J connectivity index is 0.000000313. The number of alkyl halides is 9. The first-order valence-corrected chi connectivity index (χ1v) is 23.5. The fraction of sp³-hybridized carbons (Fsp3) is 0.250. The van der Waals surface area contributed by atoms with Crippen LogP contribution in [0.25, 0.3) is 43.8 Å². The topological polar surface area (TPSA) is 190 Å². The van der Waals surface area contributed by atoms with Gasteiger partial charge in [0.05, 0.1) is 34.4 Å². The van der Waals surface area contributed by atoms with Crippen molar-refractivity contribution in [3.8, 4) is 11.1 Å². The number of amides is 1. The van der Waals surface area contributed by atoms with Crippen LogP contribution in [0.2, 0.25) is 0 Å². The van der Waals surface area contributed by atoms with E-state index in [4.69, 9.17) is 10.8 Å². The number of aliphatic carboxylic acids is 1. The predicted octanol–water partition coefficient (Wildman–Crippen LogP) is 13.7. The molecule has 0 aliphatic heterocycles. The zero-order valence-electron chi connectivity index (χ0n) is 41.6. The highest BCUT2D eigenvalue weighted by Gasteiger charge is 2.39. The molecule has 0 unspecified atom stereocenters. The van der Waals surface area contributed by atoms with Crippen molar-refractivity contribution in [1.82, 2.24) is 34.3 Å². The highest BCUT2D eigenvalue weighted by molar-refractivity contribution is 5.94. The first-order valence-electron chi connectivity index (χ1n) is 23.5. The second kappa shape index (κ2) is 27.4. The fourth-order valence-electron chi connectivity index (χ4n) is 8.56. The molecule has 4 heterocycles. The molecule has 3 N–H and O–H groups in total. The summed E-state index contributed by atoms with van der Waals surface area (Å²) in [6.45, 7) is -0.143. The first kappa shape index (κ1) is 68.2. The minimum atomic E-state index is -4.92. The molecule has 0 aliphatic rings. The molecule has 85 heavy (non-hydrogen) atoms. The summed E-state index contributed by atoms with van der Waals surface area (Å²) in [4.78, 5) is 51.5. The molecule has 0 spiro atoms. The molecule has 4 aromatic heterocycles. The standard InChI is InChI=1S/C31H21F7N4O2.C12H10F4N2O2.C10H6F4N2O2.3CH4/c32-19-4-6-27-25(14-19)29(31(36,37)38)41-42(27)15-22(43)11-18(8-16-9-20(33)13-21(34)10-16)28-23(2-1-7-40-28)17-3-5-26(35)24(12-17)30(39)44;1-2-20-10(19)6-18-9-4-3-7(13)5-8(9)11(17-18)12(14,15)16;11-5-1-2-7-6(3-5)9(10(12,13)14)15-16(7)4-8(17)18;;;/h1-7,9-10,12-14,18H,8,11,15H2,(H2,39,44);3-5H,2,6H2,1H3;1-3H,4H2,(H,17,18);3*1H4/t18-;;;;;/m1...../s1. The summed E-state index contributed by atoms with van der Waals surface area (Å²) in [5.74, 6) is -9.77. The second-order valence-electron chi connectivity index (χ2n) is 17.6. The first-order chi connectivity index (χ1) is 38.4. The Kier molecular flexibility index (Phi) is 22.0. The van der Waals surface area contributed by atoms with E-state index >= 15 is 0 Å². The number of carbonyl (C=O) groups excluding carboxylic acids is 3. The zero-order chi connectivity index (χ0) is 60.2. The third-order valence-corrected chi connectivity index (χ3v) is 11.8. The Hall–Kier alpha value is -9.31. The second-order valence-corrected chi connectivity index (χ2v) is 17.6. The molecule has 1 amide bonds. The van der Waals surface area contributed by atoms with Gasteiger partial charge in [-0.05, 0) is 109 Å². The van der Waals surface area contributed by atoms with Crippen molar-refractivity contribution in [2.45, 2.75) is 86.1 Å². The lowest BCUT2D eigenvalue weighted by Crippen LogP contribution is -2.18. The summed E-state index contributed by atoms with van der Waals surface area (Å²) in [6.07, 6.45) is -13.5. The maximum Gasteiger partial charge on any atom is 0.435 e. The maximum atomic E-state index is 14.2. The number of aromatic nitrogens is 7. The van der Waals surface area contributed by atoms with Crippen molar-refractivity contribution < 1.29 is 94.9 Å². The Morgan fingerprint density at radius 3 is 1.45 bits per heavy atom. The summed E-state index contributed by atoms with van der Waals surface area (Å²) >= 11 is 0. The smallest absolute Gasteiger partial charge is 0.435 e. The van der Waals surface area contributed by atoms with Gasteiger partial charge in [-0.1, -0.05) is 34.4 Å². The van der Waals surface area contributed by atoms with Gasteiger partial charge in [-0.2, -0.15) is 54.8 Å². The lowest BCUT2D eigenvalue weighted by atomic mass is 9.86. The molecule has 9 aromatic rings. The molecule has 9 rings (SSSR count). The van der Waals surface area contributed by atoms with Gasteiger partial charge in [-0.25, -0.2) is 26.3 Å². The largest absolute Gasteiger partial charge is 0.480 e. The summed E-state index contributed by atoms with van der Waals surface area (Å²) in [6, 6.07) is 17.8. The molecule has 0 bridgehead atoms. The van der Waals surface area contributed by atoms with E-state index in [0.29, 0.717) is 34.0 Å². The normalized spacial score (nSPS) is 11.8. The van der Waals surface area contributed by atoms with Crippen LogP contribution in [0.4, 0.5) is 65.9 Å². The quantitative estimate of drug-likeness (QED) is 0.0782. The van der Waals surface area contributed by atoms with Gasteiger partial charge < -0.3 is 15.6 Å². The monoisotopic (exact) mass is 1210 g/mol. The average molecular weight is 1220 g/mol. The van der Waals surface area contributed by atoms with Gasteiger partial charge in [0.2, 0.25) is 0 Å². The van der Waals surface area contributed by atoms with Crippen molar-refractivity contribution in [3.63, 3.8) is 0 Å². The number of carbonyl (C=O) groups is 4. The minimum Gasteiger partial charge on any atom is -0.480 e. The van der Waals surface area contributed by atoms with Gasteiger partial charge in [0.15, 0.2) is 22.9 Å². The lowest BCUT2D eigenvalue weighted by molar-refractivity contribution is -0.145. The number of carboxylic acids is 1. The Bertz CT molecular complexity index is 3870. The van der Waals surface area contributed by atoms with Gasteiger partial charge >= 0.3 is 30.5 Å². The number of esters is 1. The number of Topliss-reactive ketones (excluding diaryl/α,β-unsaturated/α-hetero) is 1. The van der Waals surface area contributed by atoms with Crippen LogP contribution in [0.5, 0.6) is 0 Å². The molecular weight excluding hydrogens is 1170 g/mol. The molecule has 1 atom stereocenters. The highest BCUT2D eigenvalue weighted by atomic mass is 19.4. The number of primary amides is 1. The Labute approximate surface area is 472 Å². The summed E-state index contributed by atoms with van der Waals surface area (Å²) in [5, 5.41) is 17.3. The van der Waals surface area contributed by atoms with Crippen LogP contribution < -0.4 is 5.73 Å². The zero-order valence-corrected chi connectivity index (χ0v) is 41.6. The third-order valence-electron chi connectivity index (χ3n) is 11.8. The van der Waals surface area contributed by atoms with Gasteiger partial charge in [0, 0.05) is 46.3 Å². The van der Waals surface area contributed by atoms with Crippen molar-refractivity contribution in [2.75, 3.05) is 6.61 Å². The van der Waals surface area contributed by atoms with Crippen LogP contribution in [0.1, 0.15) is 80.2 Å². The number of benzene rings is 5. The number of halogens is 15. The van der Waals surface area contributed by atoms with Crippen LogP contribution >= 0.6 is 0 Å². The van der Waals surface area contributed by atoms with Gasteiger partial charge in [-0.3, -0.25) is 38.2 Å². The molecule has 0 fully saturated rings. The third kappa shape index (κ3) is 16.5. The number of hydrogen-bond acceptors (Lipinski definition) is 9. The van der Waals surface area contributed by atoms with Gasteiger partial charge in [0.25, 0.3) is 5.91 Å². The summed E-state index contributed by atoms with van der Waals surface area (Å²) in [5.41, 5.74) is 1.88. The van der Waals surface area contributed by atoms with Crippen LogP contribution in [0.15, 0.2) is 109 Å². The summed E-state index contributed by atoms with van der Waals surface area (Å²) < 4.78 is 207. The van der Waals surface area contributed by atoms with E-state index in [0.717, 1.165) is 70.0 Å². The fourth-order valence-corrected chi connectivity index (χ4v) is 8.56. The minimum absolute atomic E-state index is 0. The number of carboxylic acid groups (broad SMARTS) is 1. The van der Waals surface area contributed by atoms with E-state index in [1.54, 1.807) is 19.1 Å². The summed E-state index contributed by atoms with van der Waals surface area (Å²) in [7, 11) is 0. The predicted molar refractivity (Wildman–Crippen MR) is 279 cm³/mol. The van der Waals surface area contributed by atoms with Crippen LogP contribution in [-0.2, 0) is 63.7 Å². The molecule has 29 heteroatoms. The van der Waals surface area contributed by atoms with Crippen molar-refractivity contribution in [2.24, 2.45) is 5.73 Å². The van der Waals surface area contributed by atoms with Crippen LogP contribution in [0, 0.1) is 34.9 Å². The molecular formula is C56H49F15N8O6. The highest BCUT2D eigenvalue weighted by Crippen LogP contribution is 2.38. The van der Waals surface area contributed by atoms with E-state index < -0.39 is 136 Å². The van der Waals surface area contributed by atoms with Crippen LogP contribution in [-0.4, -0.2) is 69.7 Å². The lowest BCUT2D eigenvalue weighted by Gasteiger charge is -2.20.